The van der Waals surface area contributed by atoms with Crippen molar-refractivity contribution in [2.45, 2.75) is 32.1 Å². The van der Waals surface area contributed by atoms with Crippen molar-refractivity contribution in [1.29, 1.82) is 0 Å². The van der Waals surface area contributed by atoms with Crippen LogP contribution in [0.4, 0.5) is 0 Å². The van der Waals surface area contributed by atoms with Gasteiger partial charge >= 0.3 is 0 Å². The number of benzene rings is 1. The summed E-state index contributed by atoms with van der Waals surface area (Å²) in [6, 6.07) is 5.29. The van der Waals surface area contributed by atoms with Gasteiger partial charge in [0.25, 0.3) is 0 Å². The Hall–Kier alpha value is -0.530. The number of carbonyl (C=O) groups is 1. The minimum atomic E-state index is 0.274. The van der Waals surface area contributed by atoms with Gasteiger partial charge in [0, 0.05) is 22.9 Å². The van der Waals surface area contributed by atoms with E-state index in [1.807, 2.05) is 6.07 Å². The molecule has 1 aliphatic carbocycles. The van der Waals surface area contributed by atoms with Gasteiger partial charge in [-0.2, -0.15) is 0 Å². The molecule has 1 saturated carbocycles. The lowest BCUT2D eigenvalue weighted by Gasteiger charge is -2.04. The van der Waals surface area contributed by atoms with Crippen LogP contribution in [0.3, 0.4) is 0 Å². The van der Waals surface area contributed by atoms with Crippen LogP contribution in [0.15, 0.2) is 18.2 Å². The van der Waals surface area contributed by atoms with E-state index in [-0.39, 0.29) is 5.78 Å². The summed E-state index contributed by atoms with van der Waals surface area (Å²) in [6.45, 7) is 0. The first kappa shape index (κ1) is 11.9. The highest BCUT2D eigenvalue weighted by Crippen LogP contribution is 2.33. The number of ketones is 1. The molecule has 0 saturated heterocycles. The number of carbonyl (C=O) groups excluding carboxylic acids is 1. The Balaban J connectivity index is 1.89. The minimum Gasteiger partial charge on any atom is -0.299 e. The highest BCUT2D eigenvalue weighted by Gasteiger charge is 2.21. The summed E-state index contributed by atoms with van der Waals surface area (Å²) in [5, 5.41) is 1.20. The first-order valence-electron chi connectivity index (χ1n) is 5.61. The molecule has 1 aliphatic rings. The second kappa shape index (κ2) is 5.20. The number of halogens is 2. The van der Waals surface area contributed by atoms with Crippen LogP contribution < -0.4 is 0 Å². The Kier molecular flexibility index (Phi) is 3.88. The summed E-state index contributed by atoms with van der Waals surface area (Å²) in [7, 11) is 0. The van der Waals surface area contributed by atoms with Gasteiger partial charge in [0.05, 0.1) is 0 Å². The first-order valence-corrected chi connectivity index (χ1v) is 6.36. The fraction of sp³-hybridized carbons (Fsp3) is 0.462. The molecule has 2 rings (SSSR count). The van der Waals surface area contributed by atoms with E-state index >= 15 is 0 Å². The van der Waals surface area contributed by atoms with Crippen LogP contribution in [0.1, 0.15) is 31.2 Å². The van der Waals surface area contributed by atoms with E-state index in [4.69, 9.17) is 23.2 Å². The van der Waals surface area contributed by atoms with Crippen molar-refractivity contribution in [3.05, 3.63) is 33.8 Å². The minimum absolute atomic E-state index is 0.274. The number of hydrogen-bond donors (Lipinski definition) is 0. The summed E-state index contributed by atoms with van der Waals surface area (Å²) in [5.41, 5.74) is 0.881. The second-order valence-corrected chi connectivity index (χ2v) is 5.28. The largest absolute Gasteiger partial charge is 0.299 e. The monoisotopic (exact) mass is 256 g/mol. The van der Waals surface area contributed by atoms with Crippen molar-refractivity contribution < 1.29 is 4.79 Å². The summed E-state index contributed by atoms with van der Waals surface area (Å²) in [6.07, 6.45) is 4.76. The van der Waals surface area contributed by atoms with Crippen LogP contribution in [0.2, 0.25) is 10.0 Å². The van der Waals surface area contributed by atoms with E-state index in [1.54, 1.807) is 12.1 Å². The predicted octanol–water partition coefficient (Wildman–Crippen LogP) is 4.30. The standard InChI is InChI=1S/C13H14Cl2O/c14-11-5-4-10(13(15)8-11)7-12(16)6-3-9-1-2-9/h4-5,8-9H,1-3,6-7H2. The first-order chi connectivity index (χ1) is 7.65. The fourth-order valence-corrected chi connectivity index (χ4v) is 2.21. The molecular weight excluding hydrogens is 243 g/mol. The molecule has 0 heterocycles. The molecule has 0 amide bonds. The fourth-order valence-electron chi connectivity index (χ4n) is 1.74. The van der Waals surface area contributed by atoms with Crippen LogP contribution in [0.5, 0.6) is 0 Å². The molecule has 0 unspecified atom stereocenters. The Bertz CT molecular complexity index is 397. The molecule has 0 atom stereocenters. The Morgan fingerprint density at radius 3 is 2.69 bits per heavy atom. The molecule has 16 heavy (non-hydrogen) atoms. The topological polar surface area (TPSA) is 17.1 Å². The van der Waals surface area contributed by atoms with Crippen LogP contribution >= 0.6 is 23.2 Å². The number of rotatable bonds is 5. The highest BCUT2D eigenvalue weighted by atomic mass is 35.5. The van der Waals surface area contributed by atoms with E-state index in [0.29, 0.717) is 22.9 Å². The molecule has 0 aromatic heterocycles. The molecule has 0 radical (unpaired) electrons. The Morgan fingerprint density at radius 1 is 1.31 bits per heavy atom. The Morgan fingerprint density at radius 2 is 2.06 bits per heavy atom. The van der Waals surface area contributed by atoms with Crippen molar-refractivity contribution in [2.24, 2.45) is 5.92 Å². The van der Waals surface area contributed by atoms with Gasteiger partial charge in [-0.1, -0.05) is 42.1 Å². The molecule has 1 aromatic carbocycles. The molecule has 1 fully saturated rings. The third-order valence-corrected chi connectivity index (χ3v) is 3.52. The van der Waals surface area contributed by atoms with Crippen molar-refractivity contribution in [2.75, 3.05) is 0 Å². The molecule has 0 spiro atoms. The lowest BCUT2D eigenvalue weighted by molar-refractivity contribution is -0.118. The zero-order chi connectivity index (χ0) is 11.5. The van der Waals surface area contributed by atoms with Crippen LogP contribution in [-0.4, -0.2) is 5.78 Å². The van der Waals surface area contributed by atoms with Crippen molar-refractivity contribution in [3.8, 4) is 0 Å². The molecular formula is C13H14Cl2O. The molecule has 1 aromatic rings. The molecule has 0 N–H and O–H groups in total. The average Bonchev–Trinajstić information content (AvgIpc) is 3.03. The van der Waals surface area contributed by atoms with Crippen molar-refractivity contribution in [3.63, 3.8) is 0 Å². The van der Waals surface area contributed by atoms with Crippen molar-refractivity contribution in [1.82, 2.24) is 0 Å². The maximum atomic E-state index is 11.7. The lowest BCUT2D eigenvalue weighted by atomic mass is 10.0. The Labute approximate surface area is 106 Å². The van der Waals surface area contributed by atoms with Crippen LogP contribution in [0.25, 0.3) is 0 Å². The third-order valence-electron chi connectivity index (χ3n) is 2.93. The molecule has 86 valence electrons. The number of Topliss-reactive ketones (excluding diaryl/α,β-unsaturated/α-hetero) is 1. The van der Waals surface area contributed by atoms with E-state index in [1.165, 1.54) is 12.8 Å². The molecule has 0 bridgehead atoms. The summed E-state index contributed by atoms with van der Waals surface area (Å²) < 4.78 is 0. The van der Waals surface area contributed by atoms with E-state index in [0.717, 1.165) is 17.9 Å². The maximum absolute atomic E-state index is 11.7. The van der Waals surface area contributed by atoms with Gasteiger partial charge in [0.1, 0.15) is 5.78 Å². The van der Waals surface area contributed by atoms with Crippen molar-refractivity contribution >= 4 is 29.0 Å². The van der Waals surface area contributed by atoms with Gasteiger partial charge in [0.15, 0.2) is 0 Å². The van der Waals surface area contributed by atoms with Gasteiger partial charge in [0.2, 0.25) is 0 Å². The summed E-state index contributed by atoms with van der Waals surface area (Å²) in [5.74, 6) is 1.08. The van der Waals surface area contributed by atoms with Crippen LogP contribution in [-0.2, 0) is 11.2 Å². The van der Waals surface area contributed by atoms with Gasteiger partial charge in [-0.05, 0) is 30.0 Å². The smallest absolute Gasteiger partial charge is 0.137 e. The SMILES string of the molecule is O=C(CCC1CC1)Cc1ccc(Cl)cc1Cl. The maximum Gasteiger partial charge on any atom is 0.137 e. The van der Waals surface area contributed by atoms with Gasteiger partial charge in [-0.25, -0.2) is 0 Å². The summed E-state index contributed by atoms with van der Waals surface area (Å²) in [4.78, 5) is 11.7. The summed E-state index contributed by atoms with van der Waals surface area (Å²) >= 11 is 11.8. The average molecular weight is 257 g/mol. The van der Waals surface area contributed by atoms with Gasteiger partial charge in [-0.3, -0.25) is 4.79 Å². The molecule has 3 heteroatoms. The van der Waals surface area contributed by atoms with E-state index in [2.05, 4.69) is 0 Å². The molecule has 0 aliphatic heterocycles. The van der Waals surface area contributed by atoms with E-state index in [9.17, 15) is 4.79 Å². The second-order valence-electron chi connectivity index (χ2n) is 4.43. The highest BCUT2D eigenvalue weighted by molar-refractivity contribution is 6.35. The van der Waals surface area contributed by atoms with E-state index < -0.39 is 0 Å². The van der Waals surface area contributed by atoms with Gasteiger partial charge in [-0.15, -0.1) is 0 Å². The normalized spacial score (nSPS) is 15.1. The zero-order valence-electron chi connectivity index (χ0n) is 9.01. The van der Waals surface area contributed by atoms with Gasteiger partial charge < -0.3 is 0 Å². The van der Waals surface area contributed by atoms with Crippen LogP contribution in [0, 0.1) is 5.92 Å². The lowest BCUT2D eigenvalue weighted by Crippen LogP contribution is -2.03. The third kappa shape index (κ3) is 3.50. The molecule has 1 nitrogen and oxygen atoms in total. The number of hydrogen-bond acceptors (Lipinski definition) is 1. The predicted molar refractivity (Wildman–Crippen MR) is 67.1 cm³/mol. The quantitative estimate of drug-likeness (QED) is 0.768. The zero-order valence-corrected chi connectivity index (χ0v) is 10.5.